The fourth-order valence-electron chi connectivity index (χ4n) is 1.39. The average molecular weight is 294 g/mol. The topological polar surface area (TPSA) is 57.8 Å². The van der Waals surface area contributed by atoms with E-state index < -0.39 is 0 Å². The summed E-state index contributed by atoms with van der Waals surface area (Å²) in [6, 6.07) is 5.50. The summed E-state index contributed by atoms with van der Waals surface area (Å²) in [6.45, 7) is 3.86. The molecule has 0 saturated carbocycles. The second-order valence-electron chi connectivity index (χ2n) is 3.85. The molecule has 1 heterocycles. The van der Waals surface area contributed by atoms with Crippen molar-refractivity contribution in [3.63, 3.8) is 0 Å². The number of benzene rings is 1. The standard InChI is InChI=1S/C12H12BrN3O/c1-7-3-4-9(5-10(7)13)12(17)15-11-8(2)6-14-16-11/h3-6H,1-2H3,(H2,14,15,16,17). The number of carbonyl (C=O) groups is 1. The minimum absolute atomic E-state index is 0.155. The lowest BCUT2D eigenvalue weighted by Gasteiger charge is -2.05. The molecule has 2 rings (SSSR count). The van der Waals surface area contributed by atoms with Crippen LogP contribution in [0.5, 0.6) is 0 Å². The first-order valence-electron chi connectivity index (χ1n) is 5.15. The Morgan fingerprint density at radius 2 is 2.12 bits per heavy atom. The molecule has 0 aliphatic rings. The molecule has 4 nitrogen and oxygen atoms in total. The number of carbonyl (C=O) groups excluding carboxylic acids is 1. The van der Waals surface area contributed by atoms with E-state index in [4.69, 9.17) is 0 Å². The third-order valence-corrected chi connectivity index (χ3v) is 3.36. The van der Waals surface area contributed by atoms with Crippen LogP contribution >= 0.6 is 15.9 Å². The third-order valence-electron chi connectivity index (χ3n) is 2.50. The summed E-state index contributed by atoms with van der Waals surface area (Å²) in [5, 5.41) is 9.36. The Kier molecular flexibility index (Phi) is 3.28. The first kappa shape index (κ1) is 11.9. The molecule has 1 aromatic carbocycles. The third kappa shape index (κ3) is 2.55. The van der Waals surface area contributed by atoms with Crippen molar-refractivity contribution in [1.82, 2.24) is 10.2 Å². The van der Waals surface area contributed by atoms with Gasteiger partial charge in [0, 0.05) is 15.6 Å². The fourth-order valence-corrected chi connectivity index (χ4v) is 1.77. The predicted octanol–water partition coefficient (Wildman–Crippen LogP) is 3.04. The van der Waals surface area contributed by atoms with Crippen molar-refractivity contribution in [2.24, 2.45) is 0 Å². The Hall–Kier alpha value is -1.62. The molecule has 2 N–H and O–H groups in total. The number of hydrogen-bond donors (Lipinski definition) is 2. The van der Waals surface area contributed by atoms with Gasteiger partial charge in [0.15, 0.2) is 0 Å². The van der Waals surface area contributed by atoms with E-state index in [9.17, 15) is 4.79 Å². The Balaban J connectivity index is 2.20. The van der Waals surface area contributed by atoms with Gasteiger partial charge in [-0.25, -0.2) is 0 Å². The zero-order valence-corrected chi connectivity index (χ0v) is 11.1. The molecule has 0 saturated heterocycles. The summed E-state index contributed by atoms with van der Waals surface area (Å²) < 4.78 is 0.923. The number of nitrogens with zero attached hydrogens (tertiary/aromatic N) is 1. The number of aryl methyl sites for hydroxylation is 2. The summed E-state index contributed by atoms with van der Waals surface area (Å²) in [5.41, 5.74) is 2.61. The molecule has 0 aliphatic heterocycles. The molecular weight excluding hydrogens is 282 g/mol. The van der Waals surface area contributed by atoms with Crippen molar-refractivity contribution in [2.75, 3.05) is 5.32 Å². The molecule has 1 aromatic heterocycles. The zero-order valence-electron chi connectivity index (χ0n) is 9.54. The molecule has 2 aromatic rings. The molecule has 0 bridgehead atoms. The largest absolute Gasteiger partial charge is 0.307 e. The summed E-state index contributed by atoms with van der Waals surface area (Å²) in [4.78, 5) is 11.9. The zero-order chi connectivity index (χ0) is 12.4. The highest BCUT2D eigenvalue weighted by Crippen LogP contribution is 2.18. The van der Waals surface area contributed by atoms with Gasteiger partial charge in [0.2, 0.25) is 0 Å². The number of anilines is 1. The van der Waals surface area contributed by atoms with Gasteiger partial charge in [0.05, 0.1) is 6.20 Å². The predicted molar refractivity (Wildman–Crippen MR) is 70.2 cm³/mol. The maximum absolute atomic E-state index is 11.9. The molecule has 5 heteroatoms. The van der Waals surface area contributed by atoms with Crippen molar-refractivity contribution in [2.45, 2.75) is 13.8 Å². The maximum Gasteiger partial charge on any atom is 0.256 e. The minimum Gasteiger partial charge on any atom is -0.307 e. The van der Waals surface area contributed by atoms with Crippen molar-refractivity contribution in [1.29, 1.82) is 0 Å². The number of nitrogens with one attached hydrogen (secondary N) is 2. The molecule has 1 amide bonds. The molecule has 0 radical (unpaired) electrons. The first-order valence-corrected chi connectivity index (χ1v) is 5.94. The smallest absolute Gasteiger partial charge is 0.256 e. The van der Waals surface area contributed by atoms with Gasteiger partial charge in [-0.1, -0.05) is 22.0 Å². The molecule has 0 fully saturated rings. The van der Waals surface area contributed by atoms with Gasteiger partial charge >= 0.3 is 0 Å². The lowest BCUT2D eigenvalue weighted by molar-refractivity contribution is 0.102. The molecule has 0 spiro atoms. The van der Waals surface area contributed by atoms with Crippen LogP contribution in [-0.2, 0) is 0 Å². The van der Waals surface area contributed by atoms with Gasteiger partial charge in [-0.15, -0.1) is 0 Å². The van der Waals surface area contributed by atoms with Gasteiger partial charge in [-0.2, -0.15) is 5.10 Å². The van der Waals surface area contributed by atoms with E-state index in [-0.39, 0.29) is 5.91 Å². The van der Waals surface area contributed by atoms with Crippen LogP contribution in [0.3, 0.4) is 0 Å². The van der Waals surface area contributed by atoms with E-state index in [0.29, 0.717) is 11.4 Å². The van der Waals surface area contributed by atoms with Crippen LogP contribution in [0.1, 0.15) is 21.5 Å². The van der Waals surface area contributed by atoms with E-state index in [1.165, 1.54) is 0 Å². The van der Waals surface area contributed by atoms with Crippen molar-refractivity contribution >= 4 is 27.7 Å². The monoisotopic (exact) mass is 293 g/mol. The SMILES string of the molecule is Cc1ccc(C(=O)Nc2[nH]ncc2C)cc1Br. The van der Waals surface area contributed by atoms with Gasteiger partial charge < -0.3 is 5.32 Å². The molecule has 0 unspecified atom stereocenters. The van der Waals surface area contributed by atoms with Crippen LogP contribution in [0.4, 0.5) is 5.82 Å². The van der Waals surface area contributed by atoms with Crippen molar-refractivity contribution in [3.8, 4) is 0 Å². The lowest BCUT2D eigenvalue weighted by atomic mass is 10.1. The van der Waals surface area contributed by atoms with Crippen LogP contribution in [0.2, 0.25) is 0 Å². The van der Waals surface area contributed by atoms with Crippen molar-refractivity contribution in [3.05, 3.63) is 45.6 Å². The highest BCUT2D eigenvalue weighted by molar-refractivity contribution is 9.10. The summed E-state index contributed by atoms with van der Waals surface area (Å²) >= 11 is 3.41. The number of rotatable bonds is 2. The number of H-pyrrole nitrogens is 1. The molecular formula is C12H12BrN3O. The van der Waals surface area contributed by atoms with E-state index in [1.54, 1.807) is 18.3 Å². The normalized spacial score (nSPS) is 10.3. The molecule has 0 aliphatic carbocycles. The average Bonchev–Trinajstić information content (AvgIpc) is 2.68. The summed E-state index contributed by atoms with van der Waals surface area (Å²) in [7, 11) is 0. The number of amides is 1. The van der Waals surface area contributed by atoms with Gasteiger partial charge in [0.25, 0.3) is 5.91 Å². The van der Waals surface area contributed by atoms with Crippen LogP contribution < -0.4 is 5.32 Å². The van der Waals surface area contributed by atoms with E-state index in [1.807, 2.05) is 19.9 Å². The van der Waals surface area contributed by atoms with Crippen LogP contribution in [0.15, 0.2) is 28.9 Å². The van der Waals surface area contributed by atoms with Crippen LogP contribution in [-0.4, -0.2) is 16.1 Å². The fraction of sp³-hybridized carbons (Fsp3) is 0.167. The Labute approximate surface area is 108 Å². The lowest BCUT2D eigenvalue weighted by Crippen LogP contribution is -2.13. The maximum atomic E-state index is 11.9. The highest BCUT2D eigenvalue weighted by atomic mass is 79.9. The second-order valence-corrected chi connectivity index (χ2v) is 4.70. The first-order chi connectivity index (χ1) is 8.08. The number of halogens is 1. The summed E-state index contributed by atoms with van der Waals surface area (Å²) in [5.74, 6) is 0.477. The summed E-state index contributed by atoms with van der Waals surface area (Å²) in [6.07, 6.45) is 1.67. The minimum atomic E-state index is -0.155. The highest BCUT2D eigenvalue weighted by Gasteiger charge is 2.09. The molecule has 88 valence electrons. The van der Waals surface area contributed by atoms with E-state index >= 15 is 0 Å². The van der Waals surface area contributed by atoms with Crippen molar-refractivity contribution < 1.29 is 4.79 Å². The molecule has 0 atom stereocenters. The Morgan fingerprint density at radius 1 is 1.35 bits per heavy atom. The van der Waals surface area contributed by atoms with E-state index in [2.05, 4.69) is 31.4 Å². The van der Waals surface area contributed by atoms with E-state index in [0.717, 1.165) is 15.6 Å². The van der Waals surface area contributed by atoms with Gasteiger partial charge in [-0.3, -0.25) is 9.89 Å². The second kappa shape index (κ2) is 4.71. The Morgan fingerprint density at radius 3 is 2.71 bits per heavy atom. The van der Waals surface area contributed by atoms with Crippen LogP contribution in [0, 0.1) is 13.8 Å². The number of hydrogen-bond acceptors (Lipinski definition) is 2. The number of aromatic nitrogens is 2. The Bertz CT molecular complexity index is 563. The van der Waals surface area contributed by atoms with Gasteiger partial charge in [0.1, 0.15) is 5.82 Å². The quantitative estimate of drug-likeness (QED) is 0.894. The number of aromatic amines is 1. The van der Waals surface area contributed by atoms with Gasteiger partial charge in [-0.05, 0) is 31.5 Å². The van der Waals surface area contributed by atoms with Crippen LogP contribution in [0.25, 0.3) is 0 Å². The molecule has 17 heavy (non-hydrogen) atoms.